The topological polar surface area (TPSA) is 35.8 Å². The van der Waals surface area contributed by atoms with Crippen molar-refractivity contribution in [2.45, 2.75) is 18.7 Å². The van der Waals surface area contributed by atoms with Crippen molar-refractivity contribution in [1.82, 2.24) is 4.90 Å². The molecule has 0 bridgehead atoms. The molecule has 1 atom stereocenters. The Labute approximate surface area is 215 Å². The number of thiol groups is 2. The summed E-state index contributed by atoms with van der Waals surface area (Å²) in [6, 6.07) is 7.29. The second-order valence-corrected chi connectivity index (χ2v) is 6.91. The molecule has 1 aliphatic heterocycles. The third kappa shape index (κ3) is 8.79. The smallest absolute Gasteiger partial charge is 0.507 e. The Morgan fingerprint density at radius 1 is 1.35 bits per heavy atom. The van der Waals surface area contributed by atoms with Crippen LogP contribution < -0.4 is 68.9 Å². The largest absolute Gasteiger partial charge is 1.00 e. The van der Waals surface area contributed by atoms with Gasteiger partial charge in [0, 0.05) is 30.2 Å². The molecule has 7 heteroatoms. The molecule has 0 fully saturated rings. The number of likely N-dealkylation sites (N-methyl/N-ethyl adjacent to an activating group) is 1. The molecule has 0 saturated heterocycles. The zero-order valence-electron chi connectivity index (χ0n) is 14.8. The van der Waals surface area contributed by atoms with E-state index in [-0.39, 0.29) is 86.9 Å². The van der Waals surface area contributed by atoms with Gasteiger partial charge in [-0.25, -0.2) is 0 Å². The van der Waals surface area contributed by atoms with E-state index in [1.807, 2.05) is 39.1 Å². The van der Waals surface area contributed by atoms with Crippen LogP contribution in [-0.2, 0) is 0 Å². The van der Waals surface area contributed by atoms with Gasteiger partial charge in [-0.3, -0.25) is 4.99 Å². The summed E-state index contributed by atoms with van der Waals surface area (Å²) in [5, 5.41) is 10.7. The van der Waals surface area contributed by atoms with Crippen LogP contribution in [0, 0.1) is 7.43 Å². The fourth-order valence-electron chi connectivity index (χ4n) is 1.99. The average Bonchev–Trinajstić information content (AvgIpc) is 2.83. The van der Waals surface area contributed by atoms with Crippen LogP contribution >= 0.6 is 37.0 Å². The van der Waals surface area contributed by atoms with Crippen LogP contribution in [0.4, 0.5) is 0 Å². The number of hydrogen-bond donors (Lipinski definition) is 3. The molecule has 126 valence electrons. The van der Waals surface area contributed by atoms with Gasteiger partial charge in [-0.1, -0.05) is 26.0 Å². The van der Waals surface area contributed by atoms with Crippen LogP contribution in [0.25, 0.3) is 0 Å². The van der Waals surface area contributed by atoms with E-state index in [1.165, 1.54) is 0 Å². The Hall–Kier alpha value is 1.75. The van der Waals surface area contributed by atoms with Gasteiger partial charge in [-0.15, -0.1) is 24.4 Å². The van der Waals surface area contributed by atoms with Gasteiger partial charge in [0.25, 0.3) is 0 Å². The molecule has 0 spiro atoms. The fourth-order valence-corrected chi connectivity index (χ4v) is 4.03. The zero-order valence-corrected chi connectivity index (χ0v) is 23.7. The predicted molar refractivity (Wildman–Crippen MR) is 108 cm³/mol. The molecule has 2 rings (SSSR count). The molecule has 0 aromatic heterocycles. The number of para-hydroxylation sites is 1. The first-order chi connectivity index (χ1) is 10.0. The Bertz CT molecular complexity index is 488. The quantitative estimate of drug-likeness (QED) is 0.422. The van der Waals surface area contributed by atoms with Crippen molar-refractivity contribution in [2.75, 3.05) is 31.6 Å². The molecule has 0 aliphatic carbocycles. The minimum atomic E-state index is -0.389. The first-order valence-corrected chi connectivity index (χ1v) is 9.13. The SMILES string of the molecule is CC.CN(CCS)CC1(S)CSC(c2ccccc2O)=N1.[CH3-].[Cs+]. The predicted octanol–water partition coefficient (Wildman–Crippen LogP) is 0.854. The monoisotopic (exact) mass is 492 g/mol. The molecule has 0 saturated carbocycles. The molecular formula is C16H27CsN2OS3. The van der Waals surface area contributed by atoms with Crippen molar-refractivity contribution >= 4 is 42.1 Å². The van der Waals surface area contributed by atoms with E-state index in [1.54, 1.807) is 17.8 Å². The molecule has 0 amide bonds. The van der Waals surface area contributed by atoms with Crippen molar-refractivity contribution in [3.05, 3.63) is 37.3 Å². The van der Waals surface area contributed by atoms with Gasteiger partial charge >= 0.3 is 68.9 Å². The van der Waals surface area contributed by atoms with Crippen LogP contribution in [-0.4, -0.2) is 51.6 Å². The Morgan fingerprint density at radius 3 is 2.52 bits per heavy atom. The molecular weight excluding hydrogens is 465 g/mol. The first kappa shape index (κ1) is 27.0. The minimum absolute atomic E-state index is 0. The van der Waals surface area contributed by atoms with Gasteiger partial charge in [-0.2, -0.15) is 12.6 Å². The van der Waals surface area contributed by atoms with Crippen LogP contribution in [0.15, 0.2) is 29.3 Å². The molecule has 1 aliphatic rings. The summed E-state index contributed by atoms with van der Waals surface area (Å²) in [6.45, 7) is 5.69. The van der Waals surface area contributed by atoms with Crippen LogP contribution in [0.5, 0.6) is 5.75 Å². The molecule has 1 aromatic rings. The zero-order chi connectivity index (χ0) is 15.9. The van der Waals surface area contributed by atoms with Crippen LogP contribution in [0.1, 0.15) is 19.4 Å². The fraction of sp³-hybridized carbons (Fsp3) is 0.500. The molecule has 1 N–H and O–H groups in total. The molecule has 1 aromatic carbocycles. The van der Waals surface area contributed by atoms with Crippen molar-refractivity contribution in [1.29, 1.82) is 0 Å². The standard InChI is InChI=1S/C13H18N2OS3.C2H6.CH3.Cs/c1-15(6-7-17)8-13(18)9-19-12(14-13)10-4-2-3-5-11(10)16;1-2;;/h2-5,16-18H,6-9H2,1H3;1-2H3;1H3;/q;;-1;+1. The van der Waals surface area contributed by atoms with Crippen molar-refractivity contribution in [3.63, 3.8) is 0 Å². The Kier molecular flexibility index (Phi) is 16.3. The average molecular weight is 493 g/mol. The number of aliphatic imine (C=N–C) groups is 1. The number of aromatic hydroxyl groups is 1. The van der Waals surface area contributed by atoms with E-state index in [9.17, 15) is 5.11 Å². The maximum atomic E-state index is 9.87. The Morgan fingerprint density at radius 2 is 1.96 bits per heavy atom. The second kappa shape index (κ2) is 13.9. The third-order valence-corrected chi connectivity index (χ3v) is 4.91. The van der Waals surface area contributed by atoms with Gasteiger partial charge < -0.3 is 17.4 Å². The maximum absolute atomic E-state index is 9.87. The Balaban J connectivity index is 0. The number of thioether (sulfide) groups is 1. The number of nitrogens with zero attached hydrogens (tertiary/aromatic N) is 2. The second-order valence-electron chi connectivity index (χ2n) is 4.67. The maximum Gasteiger partial charge on any atom is 1.00 e. The van der Waals surface area contributed by atoms with Gasteiger partial charge in [0.2, 0.25) is 0 Å². The summed E-state index contributed by atoms with van der Waals surface area (Å²) >= 11 is 10.6. The van der Waals surface area contributed by atoms with Crippen molar-refractivity contribution in [3.8, 4) is 5.75 Å². The van der Waals surface area contributed by atoms with E-state index in [0.717, 1.165) is 35.2 Å². The molecule has 1 heterocycles. The number of hydrogen-bond acceptors (Lipinski definition) is 6. The molecule has 0 radical (unpaired) electrons. The van der Waals surface area contributed by atoms with Gasteiger partial charge in [0.05, 0.1) is 0 Å². The molecule has 23 heavy (non-hydrogen) atoms. The van der Waals surface area contributed by atoms with Gasteiger partial charge in [0.15, 0.2) is 0 Å². The van der Waals surface area contributed by atoms with E-state index < -0.39 is 0 Å². The summed E-state index contributed by atoms with van der Waals surface area (Å²) in [5.41, 5.74) is 0.792. The van der Waals surface area contributed by atoms with E-state index in [2.05, 4.69) is 17.5 Å². The summed E-state index contributed by atoms with van der Waals surface area (Å²) in [4.78, 5) is 6.48. The summed E-state index contributed by atoms with van der Waals surface area (Å²) < 4.78 is 0. The number of rotatable bonds is 5. The third-order valence-electron chi connectivity index (χ3n) is 2.89. The molecule has 1 unspecified atom stereocenters. The summed E-state index contributed by atoms with van der Waals surface area (Å²) in [6.07, 6.45) is 0. The first-order valence-electron chi connectivity index (χ1n) is 7.07. The summed E-state index contributed by atoms with van der Waals surface area (Å²) in [5.74, 6) is 1.91. The van der Waals surface area contributed by atoms with Crippen molar-refractivity contribution in [2.24, 2.45) is 4.99 Å². The van der Waals surface area contributed by atoms with E-state index in [4.69, 9.17) is 17.6 Å². The van der Waals surface area contributed by atoms with Gasteiger partial charge in [-0.05, 0) is 19.2 Å². The number of phenols is 1. The van der Waals surface area contributed by atoms with Crippen LogP contribution in [0.2, 0.25) is 0 Å². The minimum Gasteiger partial charge on any atom is -0.507 e. The van der Waals surface area contributed by atoms with Crippen molar-refractivity contribution < 1.29 is 74.0 Å². The number of benzene rings is 1. The summed E-state index contributed by atoms with van der Waals surface area (Å²) in [7, 11) is 2.05. The normalized spacial score (nSPS) is 19.1. The molecule has 3 nitrogen and oxygen atoms in total. The van der Waals surface area contributed by atoms with Crippen LogP contribution in [0.3, 0.4) is 0 Å². The van der Waals surface area contributed by atoms with E-state index >= 15 is 0 Å². The van der Waals surface area contributed by atoms with E-state index in [0.29, 0.717) is 0 Å². The number of phenolic OH excluding ortho intramolecular Hbond substituents is 1. The van der Waals surface area contributed by atoms with Gasteiger partial charge in [0.1, 0.15) is 15.7 Å².